The number of carboxylic acid groups (broad SMARTS) is 1. The lowest BCUT2D eigenvalue weighted by atomic mass is 9.95. The number of hydrogen-bond donors (Lipinski definition) is 2. The van der Waals surface area contributed by atoms with Gasteiger partial charge in [0.05, 0.1) is 0 Å². The highest BCUT2D eigenvalue weighted by Gasteiger charge is 2.24. The van der Waals surface area contributed by atoms with Crippen LogP contribution in [0.4, 0.5) is 4.79 Å². The zero-order chi connectivity index (χ0) is 13.9. The highest BCUT2D eigenvalue weighted by atomic mass is 16.4. The lowest BCUT2D eigenvalue weighted by molar-refractivity contribution is 0.100. The van der Waals surface area contributed by atoms with Crippen molar-refractivity contribution in [3.05, 3.63) is 35.4 Å². The summed E-state index contributed by atoms with van der Waals surface area (Å²) in [5, 5.41) is 12.5. The Balaban J connectivity index is 1.52. The molecule has 0 radical (unpaired) electrons. The van der Waals surface area contributed by atoms with Crippen molar-refractivity contribution in [3.63, 3.8) is 0 Å². The largest absolute Gasteiger partial charge is 0.465 e. The van der Waals surface area contributed by atoms with Gasteiger partial charge in [0.25, 0.3) is 0 Å². The number of benzene rings is 1. The van der Waals surface area contributed by atoms with E-state index in [4.69, 9.17) is 5.11 Å². The molecule has 0 unspecified atom stereocenters. The Labute approximate surface area is 119 Å². The van der Waals surface area contributed by atoms with Crippen molar-refractivity contribution in [2.75, 3.05) is 32.7 Å². The molecule has 1 amide bonds. The molecule has 20 heavy (non-hydrogen) atoms. The fourth-order valence-corrected chi connectivity index (χ4v) is 3.08. The number of nitrogens with one attached hydrogen (secondary N) is 1. The van der Waals surface area contributed by atoms with Crippen molar-refractivity contribution in [3.8, 4) is 0 Å². The summed E-state index contributed by atoms with van der Waals surface area (Å²) in [5.41, 5.74) is 2.85. The SMILES string of the molecule is O=C(O)N1CCN(C[C@H]2Cc3ccccc3CN2)CC1. The third kappa shape index (κ3) is 2.94. The van der Waals surface area contributed by atoms with Crippen LogP contribution in [0.2, 0.25) is 0 Å². The average molecular weight is 275 g/mol. The van der Waals surface area contributed by atoms with Gasteiger partial charge < -0.3 is 15.3 Å². The van der Waals surface area contributed by atoms with Crippen molar-refractivity contribution in [2.45, 2.75) is 19.0 Å². The van der Waals surface area contributed by atoms with E-state index in [9.17, 15) is 4.79 Å². The predicted octanol–water partition coefficient (Wildman–Crippen LogP) is 0.996. The van der Waals surface area contributed by atoms with Gasteiger partial charge >= 0.3 is 6.09 Å². The van der Waals surface area contributed by atoms with Gasteiger partial charge in [0, 0.05) is 45.3 Å². The number of rotatable bonds is 2. The molecule has 0 aliphatic carbocycles. The normalized spacial score (nSPS) is 23.4. The topological polar surface area (TPSA) is 55.8 Å². The van der Waals surface area contributed by atoms with Gasteiger partial charge in [-0.15, -0.1) is 0 Å². The summed E-state index contributed by atoms with van der Waals surface area (Å²) >= 11 is 0. The summed E-state index contributed by atoms with van der Waals surface area (Å²) in [5.74, 6) is 0. The Kier molecular flexibility index (Phi) is 3.89. The highest BCUT2D eigenvalue weighted by Crippen LogP contribution is 2.17. The van der Waals surface area contributed by atoms with Crippen molar-refractivity contribution in [1.29, 1.82) is 0 Å². The molecule has 2 aliphatic heterocycles. The molecule has 108 valence electrons. The van der Waals surface area contributed by atoms with Crippen LogP contribution in [-0.2, 0) is 13.0 Å². The summed E-state index contributed by atoms with van der Waals surface area (Å²) in [4.78, 5) is 14.7. The Hall–Kier alpha value is -1.59. The van der Waals surface area contributed by atoms with Crippen LogP contribution >= 0.6 is 0 Å². The Morgan fingerprint density at radius 1 is 1.20 bits per heavy atom. The van der Waals surface area contributed by atoms with E-state index < -0.39 is 6.09 Å². The van der Waals surface area contributed by atoms with Gasteiger partial charge in [-0.05, 0) is 17.5 Å². The van der Waals surface area contributed by atoms with Gasteiger partial charge in [-0.25, -0.2) is 4.79 Å². The van der Waals surface area contributed by atoms with E-state index >= 15 is 0 Å². The summed E-state index contributed by atoms with van der Waals surface area (Å²) in [7, 11) is 0. The van der Waals surface area contributed by atoms with Crippen LogP contribution in [0.3, 0.4) is 0 Å². The average Bonchev–Trinajstić information content (AvgIpc) is 2.48. The summed E-state index contributed by atoms with van der Waals surface area (Å²) in [6.45, 7) is 4.87. The van der Waals surface area contributed by atoms with Gasteiger partial charge in [0.1, 0.15) is 0 Å². The Morgan fingerprint density at radius 2 is 1.90 bits per heavy atom. The molecule has 5 nitrogen and oxygen atoms in total. The first-order valence-electron chi connectivity index (χ1n) is 7.23. The summed E-state index contributed by atoms with van der Waals surface area (Å²) in [6.07, 6.45) is 0.268. The number of hydrogen-bond acceptors (Lipinski definition) is 3. The molecule has 0 bridgehead atoms. The number of piperazine rings is 1. The van der Waals surface area contributed by atoms with Crippen molar-refractivity contribution < 1.29 is 9.90 Å². The van der Waals surface area contributed by atoms with E-state index in [0.717, 1.165) is 32.6 Å². The third-order valence-electron chi connectivity index (χ3n) is 4.29. The monoisotopic (exact) mass is 275 g/mol. The maximum atomic E-state index is 10.9. The Bertz CT molecular complexity index is 484. The summed E-state index contributed by atoms with van der Waals surface area (Å²) in [6, 6.07) is 9.07. The molecule has 0 aromatic heterocycles. The first-order chi connectivity index (χ1) is 9.72. The third-order valence-corrected chi connectivity index (χ3v) is 4.29. The second-order valence-corrected chi connectivity index (χ2v) is 5.62. The fourth-order valence-electron chi connectivity index (χ4n) is 3.08. The van der Waals surface area contributed by atoms with E-state index in [1.165, 1.54) is 16.0 Å². The van der Waals surface area contributed by atoms with E-state index in [-0.39, 0.29) is 0 Å². The number of carbonyl (C=O) groups is 1. The lowest BCUT2D eigenvalue weighted by Gasteiger charge is -2.36. The molecule has 1 fully saturated rings. The fraction of sp³-hybridized carbons (Fsp3) is 0.533. The van der Waals surface area contributed by atoms with Crippen LogP contribution in [0.15, 0.2) is 24.3 Å². The van der Waals surface area contributed by atoms with Gasteiger partial charge in [-0.2, -0.15) is 0 Å². The molecule has 5 heteroatoms. The molecule has 1 saturated heterocycles. The van der Waals surface area contributed by atoms with E-state index in [1.807, 2.05) is 0 Å². The molecule has 2 heterocycles. The van der Waals surface area contributed by atoms with Crippen LogP contribution in [-0.4, -0.2) is 59.8 Å². The quantitative estimate of drug-likeness (QED) is 0.845. The van der Waals surface area contributed by atoms with Crippen molar-refractivity contribution in [2.24, 2.45) is 0 Å². The summed E-state index contributed by atoms with van der Waals surface area (Å²) < 4.78 is 0. The molecule has 1 aromatic rings. The minimum Gasteiger partial charge on any atom is -0.465 e. The van der Waals surface area contributed by atoms with Gasteiger partial charge in [-0.1, -0.05) is 24.3 Å². The van der Waals surface area contributed by atoms with Crippen LogP contribution in [0, 0.1) is 0 Å². The zero-order valence-corrected chi connectivity index (χ0v) is 11.6. The minimum atomic E-state index is -0.797. The molecular formula is C15H21N3O2. The highest BCUT2D eigenvalue weighted by molar-refractivity contribution is 5.65. The standard InChI is InChI=1S/C15H21N3O2/c19-15(20)18-7-5-17(6-8-18)11-14-9-12-3-1-2-4-13(12)10-16-14/h1-4,14,16H,5-11H2,(H,19,20)/t14-/m1/s1. The maximum absolute atomic E-state index is 10.9. The first kappa shape index (κ1) is 13.4. The van der Waals surface area contributed by atoms with Gasteiger partial charge in [0.2, 0.25) is 0 Å². The van der Waals surface area contributed by atoms with Crippen LogP contribution < -0.4 is 5.32 Å². The van der Waals surface area contributed by atoms with Gasteiger partial charge in [-0.3, -0.25) is 4.90 Å². The Morgan fingerprint density at radius 3 is 2.60 bits per heavy atom. The van der Waals surface area contributed by atoms with Crippen LogP contribution in [0.5, 0.6) is 0 Å². The van der Waals surface area contributed by atoms with E-state index in [2.05, 4.69) is 34.5 Å². The van der Waals surface area contributed by atoms with Gasteiger partial charge in [0.15, 0.2) is 0 Å². The van der Waals surface area contributed by atoms with E-state index in [1.54, 1.807) is 0 Å². The second-order valence-electron chi connectivity index (χ2n) is 5.62. The van der Waals surface area contributed by atoms with Crippen molar-refractivity contribution >= 4 is 6.09 Å². The lowest BCUT2D eigenvalue weighted by Crippen LogP contribution is -2.52. The minimum absolute atomic E-state index is 0.473. The van der Waals surface area contributed by atoms with Crippen molar-refractivity contribution in [1.82, 2.24) is 15.1 Å². The van der Waals surface area contributed by atoms with E-state index in [0.29, 0.717) is 19.1 Å². The predicted molar refractivity (Wildman–Crippen MR) is 76.8 cm³/mol. The molecule has 1 atom stereocenters. The number of nitrogens with zero attached hydrogens (tertiary/aromatic N) is 2. The molecular weight excluding hydrogens is 254 g/mol. The molecule has 2 N–H and O–H groups in total. The van der Waals surface area contributed by atoms with Crippen LogP contribution in [0.25, 0.3) is 0 Å². The molecule has 0 saturated carbocycles. The van der Waals surface area contributed by atoms with Crippen LogP contribution in [0.1, 0.15) is 11.1 Å². The molecule has 3 rings (SSSR count). The first-order valence-corrected chi connectivity index (χ1v) is 7.23. The smallest absolute Gasteiger partial charge is 0.407 e. The number of amides is 1. The maximum Gasteiger partial charge on any atom is 0.407 e. The molecule has 1 aromatic carbocycles. The molecule has 2 aliphatic rings. The number of fused-ring (bicyclic) bond motifs is 1. The second kappa shape index (κ2) is 5.81. The molecule has 0 spiro atoms. The zero-order valence-electron chi connectivity index (χ0n) is 11.6.